The highest BCUT2D eigenvalue weighted by atomic mass is 16.5. The van der Waals surface area contributed by atoms with Crippen LogP contribution in [0.1, 0.15) is 48.0 Å². The molecule has 0 aromatic carbocycles. The Hall–Kier alpha value is -2.80. The number of hydrogen-bond donors (Lipinski definition) is 0. The normalized spacial score (nSPS) is 20.8. The number of rotatable bonds is 5. The summed E-state index contributed by atoms with van der Waals surface area (Å²) in [6.07, 6.45) is 12.0. The predicted molar refractivity (Wildman–Crippen MR) is 112 cm³/mol. The first-order valence-electron chi connectivity index (χ1n) is 10.7. The molecule has 7 nitrogen and oxygen atoms in total. The number of amides is 2. The van der Waals surface area contributed by atoms with E-state index >= 15 is 0 Å². The Balaban J connectivity index is 1.52. The molecule has 1 aliphatic heterocycles. The molecule has 1 saturated heterocycles. The zero-order valence-corrected chi connectivity index (χ0v) is 17.2. The minimum atomic E-state index is -0.251. The van der Waals surface area contributed by atoms with Gasteiger partial charge < -0.3 is 14.5 Å². The number of carbonyl (C=O) groups is 2. The van der Waals surface area contributed by atoms with Crippen LogP contribution in [0.2, 0.25) is 0 Å². The second-order valence-electron chi connectivity index (χ2n) is 8.06. The van der Waals surface area contributed by atoms with Gasteiger partial charge in [0.1, 0.15) is 6.54 Å². The third kappa shape index (κ3) is 5.02. The van der Waals surface area contributed by atoms with Crippen LogP contribution in [0.5, 0.6) is 0 Å². The fourth-order valence-electron chi connectivity index (χ4n) is 4.32. The number of nitrogens with zero attached hydrogens (tertiary/aromatic N) is 4. The van der Waals surface area contributed by atoms with Crippen molar-refractivity contribution in [2.45, 2.75) is 50.9 Å². The van der Waals surface area contributed by atoms with Gasteiger partial charge in [0.05, 0.1) is 18.3 Å². The number of ether oxygens (including phenoxy) is 1. The van der Waals surface area contributed by atoms with Crippen molar-refractivity contribution in [3.8, 4) is 0 Å². The van der Waals surface area contributed by atoms with E-state index in [9.17, 15) is 9.59 Å². The van der Waals surface area contributed by atoms with Crippen molar-refractivity contribution in [2.24, 2.45) is 0 Å². The molecule has 30 heavy (non-hydrogen) atoms. The second-order valence-corrected chi connectivity index (χ2v) is 8.06. The zero-order valence-electron chi connectivity index (χ0n) is 17.2. The van der Waals surface area contributed by atoms with E-state index < -0.39 is 0 Å². The predicted octanol–water partition coefficient (Wildman–Crippen LogP) is 2.68. The molecular weight excluding hydrogens is 380 g/mol. The lowest BCUT2D eigenvalue weighted by atomic mass is 9.94. The van der Waals surface area contributed by atoms with Crippen molar-refractivity contribution in [3.63, 3.8) is 0 Å². The molecule has 2 aliphatic rings. The van der Waals surface area contributed by atoms with E-state index in [-0.39, 0.29) is 30.5 Å². The summed E-state index contributed by atoms with van der Waals surface area (Å²) in [5.74, 6) is -0.177. The first-order chi connectivity index (χ1) is 14.7. The molecule has 0 bridgehead atoms. The van der Waals surface area contributed by atoms with Crippen molar-refractivity contribution in [1.29, 1.82) is 0 Å². The second kappa shape index (κ2) is 9.80. The van der Waals surface area contributed by atoms with E-state index in [4.69, 9.17) is 4.74 Å². The smallest absolute Gasteiger partial charge is 0.255 e. The van der Waals surface area contributed by atoms with Gasteiger partial charge in [0, 0.05) is 43.9 Å². The highest BCUT2D eigenvalue weighted by Crippen LogP contribution is 2.25. The summed E-state index contributed by atoms with van der Waals surface area (Å²) in [4.78, 5) is 37.9. The van der Waals surface area contributed by atoms with E-state index in [1.54, 1.807) is 41.8 Å². The molecule has 2 aromatic heterocycles. The van der Waals surface area contributed by atoms with Crippen LogP contribution in [0.3, 0.4) is 0 Å². The van der Waals surface area contributed by atoms with Crippen LogP contribution in [0, 0.1) is 0 Å². The monoisotopic (exact) mass is 408 g/mol. The number of aromatic nitrogens is 2. The Morgan fingerprint density at radius 2 is 1.80 bits per heavy atom. The highest BCUT2D eigenvalue weighted by Gasteiger charge is 2.35. The molecule has 0 spiro atoms. The van der Waals surface area contributed by atoms with Crippen molar-refractivity contribution >= 4 is 11.8 Å². The first-order valence-corrected chi connectivity index (χ1v) is 10.7. The van der Waals surface area contributed by atoms with E-state index in [1.165, 1.54) is 6.42 Å². The summed E-state index contributed by atoms with van der Waals surface area (Å²) < 4.78 is 6.19. The van der Waals surface area contributed by atoms with E-state index in [2.05, 4.69) is 9.97 Å². The van der Waals surface area contributed by atoms with Crippen LogP contribution < -0.4 is 0 Å². The molecule has 1 saturated carbocycles. The number of carbonyl (C=O) groups excluding carboxylic acids is 2. The average Bonchev–Trinajstić information content (AvgIpc) is 2.98. The third-order valence-corrected chi connectivity index (χ3v) is 5.89. The number of hydrogen-bond acceptors (Lipinski definition) is 5. The largest absolute Gasteiger partial charge is 0.370 e. The highest BCUT2D eigenvalue weighted by molar-refractivity contribution is 5.96. The zero-order chi connectivity index (χ0) is 20.8. The van der Waals surface area contributed by atoms with Crippen LogP contribution in [-0.4, -0.2) is 63.4 Å². The summed E-state index contributed by atoms with van der Waals surface area (Å²) in [5.41, 5.74) is 1.46. The van der Waals surface area contributed by atoms with Gasteiger partial charge in [-0.25, -0.2) is 0 Å². The van der Waals surface area contributed by atoms with Crippen LogP contribution in [-0.2, 0) is 16.1 Å². The Morgan fingerprint density at radius 3 is 2.50 bits per heavy atom. The molecule has 0 N–H and O–H groups in total. The molecule has 1 atom stereocenters. The van der Waals surface area contributed by atoms with E-state index in [0.29, 0.717) is 25.3 Å². The maximum absolute atomic E-state index is 13.1. The molecule has 2 aromatic rings. The summed E-state index contributed by atoms with van der Waals surface area (Å²) in [5, 5.41) is 0. The van der Waals surface area contributed by atoms with Gasteiger partial charge in [0.2, 0.25) is 5.91 Å². The maximum atomic E-state index is 13.1. The SMILES string of the molecule is O=C(c1cccnc1)N1CC(=O)N(C2CCCCC2)C[C@H](OCc2cccnc2)C1. The minimum absolute atomic E-state index is 0.00613. The lowest BCUT2D eigenvalue weighted by molar-refractivity contribution is -0.134. The fourth-order valence-corrected chi connectivity index (χ4v) is 4.32. The Bertz CT molecular complexity index is 840. The molecule has 7 heteroatoms. The third-order valence-electron chi connectivity index (χ3n) is 5.89. The first kappa shape index (κ1) is 20.5. The molecule has 3 heterocycles. The van der Waals surface area contributed by atoms with Gasteiger partial charge in [0.15, 0.2) is 0 Å². The summed E-state index contributed by atoms with van der Waals surface area (Å²) in [6, 6.07) is 7.55. The van der Waals surface area contributed by atoms with Crippen LogP contribution in [0.4, 0.5) is 0 Å². The van der Waals surface area contributed by atoms with Gasteiger partial charge >= 0.3 is 0 Å². The molecule has 1 aliphatic carbocycles. The lowest BCUT2D eigenvalue weighted by Gasteiger charge is -2.34. The Kier molecular flexibility index (Phi) is 6.69. The van der Waals surface area contributed by atoms with Crippen LogP contribution >= 0.6 is 0 Å². The molecule has 4 rings (SSSR count). The molecule has 2 amide bonds. The molecule has 158 valence electrons. The van der Waals surface area contributed by atoms with Crippen molar-refractivity contribution in [1.82, 2.24) is 19.8 Å². The van der Waals surface area contributed by atoms with Gasteiger partial charge in [-0.1, -0.05) is 25.3 Å². The number of pyridine rings is 2. The maximum Gasteiger partial charge on any atom is 0.255 e. The summed E-state index contributed by atoms with van der Waals surface area (Å²) in [6.45, 7) is 1.38. The van der Waals surface area contributed by atoms with Crippen molar-refractivity contribution in [2.75, 3.05) is 19.6 Å². The van der Waals surface area contributed by atoms with Gasteiger partial charge in [-0.05, 0) is 36.6 Å². The van der Waals surface area contributed by atoms with E-state index in [1.807, 2.05) is 17.0 Å². The van der Waals surface area contributed by atoms with Crippen molar-refractivity contribution < 1.29 is 14.3 Å². The molecular formula is C23H28N4O3. The molecule has 2 fully saturated rings. The van der Waals surface area contributed by atoms with Gasteiger partial charge in [-0.3, -0.25) is 19.6 Å². The average molecular weight is 409 g/mol. The Labute approximate surface area is 177 Å². The van der Waals surface area contributed by atoms with Gasteiger partial charge in [-0.15, -0.1) is 0 Å². The summed E-state index contributed by atoms with van der Waals surface area (Å²) >= 11 is 0. The van der Waals surface area contributed by atoms with Gasteiger partial charge in [-0.2, -0.15) is 0 Å². The topological polar surface area (TPSA) is 75.6 Å². The molecule has 0 radical (unpaired) electrons. The summed E-state index contributed by atoms with van der Waals surface area (Å²) in [7, 11) is 0. The Morgan fingerprint density at radius 1 is 1.03 bits per heavy atom. The van der Waals surface area contributed by atoms with Gasteiger partial charge in [0.25, 0.3) is 5.91 Å². The molecule has 0 unspecified atom stereocenters. The standard InChI is InChI=1S/C23H28N4O3/c28-22-16-26(23(29)19-7-5-11-25-13-19)14-21(30-17-18-6-4-10-24-12-18)15-27(22)20-8-2-1-3-9-20/h4-7,10-13,20-21H,1-3,8-9,14-17H2/t21-/m1/s1. The van der Waals surface area contributed by atoms with E-state index in [0.717, 1.165) is 31.2 Å². The quantitative estimate of drug-likeness (QED) is 0.760. The fraction of sp³-hybridized carbons (Fsp3) is 0.478. The van der Waals surface area contributed by atoms with Crippen LogP contribution in [0.15, 0.2) is 49.1 Å². The lowest BCUT2D eigenvalue weighted by Crippen LogP contribution is -2.46. The van der Waals surface area contributed by atoms with Crippen molar-refractivity contribution in [3.05, 3.63) is 60.2 Å². The van der Waals surface area contributed by atoms with Crippen LogP contribution in [0.25, 0.3) is 0 Å². The minimum Gasteiger partial charge on any atom is -0.370 e.